The summed E-state index contributed by atoms with van der Waals surface area (Å²) in [5, 5.41) is 9.70. The molecule has 2 aromatic heterocycles. The lowest BCUT2D eigenvalue weighted by atomic mass is 9.92. The van der Waals surface area contributed by atoms with Crippen LogP contribution in [0.3, 0.4) is 0 Å². The minimum atomic E-state index is 0.689. The second-order valence-corrected chi connectivity index (χ2v) is 14.6. The first-order chi connectivity index (χ1) is 27.7. The first-order valence-corrected chi connectivity index (χ1v) is 19.2. The van der Waals surface area contributed by atoms with Gasteiger partial charge in [-0.3, -0.25) is 0 Å². The van der Waals surface area contributed by atoms with Crippen molar-refractivity contribution in [2.75, 3.05) is 0 Å². The third kappa shape index (κ3) is 5.05. The SMILES string of the molecule is Cc1c(-c2ccccc2)nc(-c2cc3c4ccccc4c4ccccc4c3cc2-n2c3ccccc3c3cc(-c4ccccc4)ccc32)nc1-c1ccccc1. The van der Waals surface area contributed by atoms with Crippen LogP contribution in [-0.2, 0) is 0 Å². The maximum atomic E-state index is 5.51. The van der Waals surface area contributed by atoms with Gasteiger partial charge in [-0.2, -0.15) is 0 Å². The highest BCUT2D eigenvalue weighted by Gasteiger charge is 2.23. The topological polar surface area (TPSA) is 30.7 Å². The van der Waals surface area contributed by atoms with Crippen molar-refractivity contribution < 1.29 is 0 Å². The Bertz CT molecular complexity index is 3230. The highest BCUT2D eigenvalue weighted by Crippen LogP contribution is 2.43. The summed E-state index contributed by atoms with van der Waals surface area (Å²) in [4.78, 5) is 11.0. The number of rotatable bonds is 5. The molecule has 0 fully saturated rings. The van der Waals surface area contributed by atoms with Crippen molar-refractivity contribution >= 4 is 54.1 Å². The zero-order valence-corrected chi connectivity index (χ0v) is 30.8. The van der Waals surface area contributed by atoms with Crippen LogP contribution in [0.1, 0.15) is 5.56 Å². The molecule has 9 aromatic carbocycles. The van der Waals surface area contributed by atoms with Crippen LogP contribution in [0.15, 0.2) is 194 Å². The zero-order chi connectivity index (χ0) is 37.2. The van der Waals surface area contributed by atoms with Gasteiger partial charge in [0.15, 0.2) is 5.82 Å². The van der Waals surface area contributed by atoms with Crippen molar-refractivity contribution in [2.24, 2.45) is 0 Å². The molecule has 0 radical (unpaired) electrons. The Labute approximate surface area is 324 Å². The van der Waals surface area contributed by atoms with E-state index in [0.717, 1.165) is 50.4 Å². The van der Waals surface area contributed by atoms with Crippen molar-refractivity contribution in [3.8, 4) is 50.7 Å². The molecular weight excluding hydrogens is 679 g/mol. The lowest BCUT2D eigenvalue weighted by molar-refractivity contribution is 1.12. The Kier molecular flexibility index (Phi) is 7.39. The van der Waals surface area contributed by atoms with Gasteiger partial charge in [-0.15, -0.1) is 0 Å². The van der Waals surface area contributed by atoms with Gasteiger partial charge in [0, 0.05) is 33.0 Å². The monoisotopic (exact) mass is 713 g/mol. The van der Waals surface area contributed by atoms with Crippen LogP contribution in [0.2, 0.25) is 0 Å². The van der Waals surface area contributed by atoms with E-state index in [4.69, 9.17) is 9.97 Å². The summed E-state index contributed by atoms with van der Waals surface area (Å²) in [7, 11) is 0. The summed E-state index contributed by atoms with van der Waals surface area (Å²) >= 11 is 0. The van der Waals surface area contributed by atoms with Gasteiger partial charge in [-0.05, 0) is 80.7 Å². The molecule has 3 nitrogen and oxygen atoms in total. The predicted molar refractivity (Wildman–Crippen MR) is 235 cm³/mol. The van der Waals surface area contributed by atoms with Crippen LogP contribution in [0, 0.1) is 6.92 Å². The number of aromatic nitrogens is 3. The molecule has 56 heavy (non-hydrogen) atoms. The van der Waals surface area contributed by atoms with E-state index < -0.39 is 0 Å². The summed E-state index contributed by atoms with van der Waals surface area (Å²) < 4.78 is 2.44. The predicted octanol–water partition coefficient (Wildman–Crippen LogP) is 14.0. The Morgan fingerprint density at radius 1 is 0.339 bits per heavy atom. The quantitative estimate of drug-likeness (QED) is 0.166. The Morgan fingerprint density at radius 3 is 1.36 bits per heavy atom. The largest absolute Gasteiger partial charge is 0.308 e. The van der Waals surface area contributed by atoms with Crippen LogP contribution in [0.25, 0.3) is 105 Å². The van der Waals surface area contributed by atoms with Crippen LogP contribution >= 0.6 is 0 Å². The lowest BCUT2D eigenvalue weighted by Gasteiger charge is -2.19. The van der Waals surface area contributed by atoms with Crippen molar-refractivity contribution in [1.82, 2.24) is 14.5 Å². The molecule has 11 rings (SSSR count). The fraction of sp³-hybridized carbons (Fsp3) is 0.0189. The van der Waals surface area contributed by atoms with Gasteiger partial charge >= 0.3 is 0 Å². The van der Waals surface area contributed by atoms with E-state index >= 15 is 0 Å². The number of hydrogen-bond donors (Lipinski definition) is 0. The smallest absolute Gasteiger partial charge is 0.162 e. The van der Waals surface area contributed by atoms with Crippen molar-refractivity contribution in [1.29, 1.82) is 0 Å². The number of hydrogen-bond acceptors (Lipinski definition) is 2. The van der Waals surface area contributed by atoms with E-state index in [9.17, 15) is 0 Å². The summed E-state index contributed by atoms with van der Waals surface area (Å²) in [6, 6.07) is 69.6. The Hall–Kier alpha value is -7.36. The average Bonchev–Trinajstić information content (AvgIpc) is 3.60. The van der Waals surface area contributed by atoms with Gasteiger partial charge < -0.3 is 4.57 Å². The number of para-hydroxylation sites is 1. The van der Waals surface area contributed by atoms with Crippen LogP contribution < -0.4 is 0 Å². The third-order valence-corrected chi connectivity index (χ3v) is 11.4. The molecule has 0 aliphatic rings. The van der Waals surface area contributed by atoms with E-state index in [0.29, 0.717) is 5.82 Å². The second kappa shape index (κ2) is 12.9. The van der Waals surface area contributed by atoms with E-state index in [1.165, 1.54) is 54.2 Å². The molecular formula is C53H35N3. The van der Waals surface area contributed by atoms with Crippen molar-refractivity contribution in [2.45, 2.75) is 6.92 Å². The van der Waals surface area contributed by atoms with E-state index in [-0.39, 0.29) is 0 Å². The summed E-state index contributed by atoms with van der Waals surface area (Å²) in [5.41, 5.74) is 11.7. The normalized spacial score (nSPS) is 11.7. The molecule has 0 atom stereocenters. The number of nitrogens with zero attached hydrogens (tertiary/aromatic N) is 3. The molecule has 0 saturated heterocycles. The van der Waals surface area contributed by atoms with Gasteiger partial charge in [0.2, 0.25) is 0 Å². The Morgan fingerprint density at radius 2 is 0.786 bits per heavy atom. The van der Waals surface area contributed by atoms with Crippen molar-refractivity contribution in [3.05, 3.63) is 200 Å². The van der Waals surface area contributed by atoms with Gasteiger partial charge in [-0.1, -0.05) is 164 Å². The third-order valence-electron chi connectivity index (χ3n) is 11.4. The first-order valence-electron chi connectivity index (χ1n) is 19.2. The maximum Gasteiger partial charge on any atom is 0.162 e. The van der Waals surface area contributed by atoms with E-state index in [1.54, 1.807) is 0 Å². The van der Waals surface area contributed by atoms with E-state index in [1.807, 2.05) is 0 Å². The number of benzene rings is 9. The molecule has 0 amide bonds. The first kappa shape index (κ1) is 32.1. The maximum absolute atomic E-state index is 5.51. The molecule has 262 valence electrons. The average molecular weight is 714 g/mol. The molecule has 0 aliphatic carbocycles. The molecule has 0 bridgehead atoms. The molecule has 3 heteroatoms. The van der Waals surface area contributed by atoms with E-state index in [2.05, 4.69) is 206 Å². The standard InChI is InChI=1S/C53H35N3/c1-34-51(36-19-7-3-8-20-36)54-53(55-52(34)37-21-9-4-10-22-37)47-32-44-41-25-13-11-23-39(41)40-24-12-14-26-42(40)45(44)33-50(47)56-48-28-16-15-27-43(48)46-31-38(29-30-49(46)56)35-17-5-2-6-18-35/h2-33H,1H3. The summed E-state index contributed by atoms with van der Waals surface area (Å²) in [6.45, 7) is 2.15. The van der Waals surface area contributed by atoms with Gasteiger partial charge in [0.25, 0.3) is 0 Å². The summed E-state index contributed by atoms with van der Waals surface area (Å²) in [6.07, 6.45) is 0. The molecule has 0 saturated carbocycles. The van der Waals surface area contributed by atoms with Crippen molar-refractivity contribution in [3.63, 3.8) is 0 Å². The zero-order valence-electron chi connectivity index (χ0n) is 30.8. The molecule has 0 aliphatic heterocycles. The minimum Gasteiger partial charge on any atom is -0.308 e. The molecule has 0 N–H and O–H groups in total. The highest BCUT2D eigenvalue weighted by molar-refractivity contribution is 6.26. The van der Waals surface area contributed by atoms with Crippen LogP contribution in [0.5, 0.6) is 0 Å². The summed E-state index contributed by atoms with van der Waals surface area (Å²) in [5.74, 6) is 0.689. The lowest BCUT2D eigenvalue weighted by Crippen LogP contribution is -2.04. The fourth-order valence-corrected chi connectivity index (χ4v) is 8.74. The van der Waals surface area contributed by atoms with Gasteiger partial charge in [-0.25, -0.2) is 9.97 Å². The van der Waals surface area contributed by atoms with Crippen LogP contribution in [0.4, 0.5) is 0 Å². The molecule has 0 spiro atoms. The highest BCUT2D eigenvalue weighted by atomic mass is 15.0. The number of fused-ring (bicyclic) bond motifs is 9. The van der Waals surface area contributed by atoms with Crippen LogP contribution in [-0.4, -0.2) is 14.5 Å². The second-order valence-electron chi connectivity index (χ2n) is 14.6. The fourth-order valence-electron chi connectivity index (χ4n) is 8.74. The minimum absolute atomic E-state index is 0.689. The molecule has 0 unspecified atom stereocenters. The van der Waals surface area contributed by atoms with Gasteiger partial charge in [0.05, 0.1) is 28.1 Å². The Balaban J connectivity index is 1.30. The molecule has 11 aromatic rings. The van der Waals surface area contributed by atoms with Gasteiger partial charge in [0.1, 0.15) is 0 Å². The molecule has 2 heterocycles.